The van der Waals surface area contributed by atoms with Crippen molar-refractivity contribution < 1.29 is 4.74 Å². The Labute approximate surface area is 36.6 Å². The summed E-state index contributed by atoms with van der Waals surface area (Å²) in [5.41, 5.74) is 0. The normalized spacial score (nSPS) is 29.7. The summed E-state index contributed by atoms with van der Waals surface area (Å²) < 4.78 is 4.80. The monoisotopic (exact) mass is 85.1 g/mol. The molecule has 0 aliphatic carbocycles. The van der Waals surface area contributed by atoms with E-state index in [4.69, 9.17) is 10.1 Å². The van der Waals surface area contributed by atoms with Crippen molar-refractivity contribution in [3.8, 4) is 0 Å². The lowest BCUT2D eigenvalue weighted by molar-refractivity contribution is 0.415. The average molecular weight is 85.1 g/mol. The fourth-order valence-electron chi connectivity index (χ4n) is 0.336. The molecule has 1 rings (SSSR count). The lowest BCUT2D eigenvalue weighted by Gasteiger charge is -1.72. The molecule has 2 heteroatoms. The van der Waals surface area contributed by atoms with E-state index in [0.29, 0.717) is 6.10 Å². The minimum Gasteiger partial charge on any atom is -0.373 e. The first-order valence-corrected chi connectivity index (χ1v) is 2.04. The zero-order chi connectivity index (χ0) is 4.41. The molecule has 0 saturated carbocycles. The number of rotatable bonds is 2. The van der Waals surface area contributed by atoms with Gasteiger partial charge >= 0.3 is 0 Å². The van der Waals surface area contributed by atoms with Gasteiger partial charge in [0.2, 0.25) is 0 Å². The molecule has 1 aliphatic rings. The van der Waals surface area contributed by atoms with Crippen molar-refractivity contribution in [3.63, 3.8) is 0 Å². The molecule has 6 heavy (non-hydrogen) atoms. The van der Waals surface area contributed by atoms with Crippen molar-refractivity contribution >= 4 is 6.21 Å². The van der Waals surface area contributed by atoms with Crippen molar-refractivity contribution in [1.29, 1.82) is 5.41 Å². The molecule has 0 aromatic rings. The minimum atomic E-state index is 0.405. The van der Waals surface area contributed by atoms with E-state index in [9.17, 15) is 0 Å². The van der Waals surface area contributed by atoms with Gasteiger partial charge in [0.1, 0.15) is 0 Å². The Morgan fingerprint density at radius 3 is 2.83 bits per heavy atom. The topological polar surface area (TPSA) is 36.4 Å². The SMILES string of the molecule is N=CCC1CO1. The molecule has 2 nitrogen and oxygen atoms in total. The van der Waals surface area contributed by atoms with E-state index < -0.39 is 0 Å². The quantitative estimate of drug-likeness (QED) is 0.383. The van der Waals surface area contributed by atoms with Gasteiger partial charge in [-0.15, -0.1) is 0 Å². The van der Waals surface area contributed by atoms with Crippen molar-refractivity contribution in [3.05, 3.63) is 0 Å². The largest absolute Gasteiger partial charge is 0.373 e. The summed E-state index contributed by atoms with van der Waals surface area (Å²) in [5.74, 6) is 0. The molecule has 34 valence electrons. The summed E-state index contributed by atoms with van der Waals surface area (Å²) in [6, 6.07) is 0. The molecule has 0 aromatic carbocycles. The molecule has 0 amide bonds. The molecule has 0 bridgehead atoms. The van der Waals surface area contributed by atoms with Gasteiger partial charge < -0.3 is 10.1 Å². The van der Waals surface area contributed by atoms with Crippen LogP contribution < -0.4 is 0 Å². The summed E-state index contributed by atoms with van der Waals surface area (Å²) in [4.78, 5) is 0. The van der Waals surface area contributed by atoms with Gasteiger partial charge in [-0.3, -0.25) is 0 Å². The van der Waals surface area contributed by atoms with Gasteiger partial charge in [-0.05, 0) is 6.21 Å². The van der Waals surface area contributed by atoms with E-state index in [1.807, 2.05) is 0 Å². The van der Waals surface area contributed by atoms with Crippen LogP contribution in [0, 0.1) is 5.41 Å². The second-order valence-electron chi connectivity index (χ2n) is 1.40. The molecule has 0 aromatic heterocycles. The number of hydrogen-bond donors (Lipinski definition) is 1. The van der Waals surface area contributed by atoms with Crippen molar-refractivity contribution in [1.82, 2.24) is 0 Å². The number of hydrogen-bond acceptors (Lipinski definition) is 2. The molecular weight excluding hydrogens is 78.0 g/mol. The number of nitrogens with one attached hydrogen (secondary N) is 1. The van der Waals surface area contributed by atoms with E-state index in [-0.39, 0.29) is 0 Å². The molecule has 1 atom stereocenters. The van der Waals surface area contributed by atoms with E-state index in [2.05, 4.69) is 0 Å². The molecule has 1 fully saturated rings. The van der Waals surface area contributed by atoms with Crippen LogP contribution in [0.4, 0.5) is 0 Å². The van der Waals surface area contributed by atoms with Gasteiger partial charge in [0.15, 0.2) is 0 Å². The Morgan fingerprint density at radius 2 is 2.67 bits per heavy atom. The van der Waals surface area contributed by atoms with Crippen LogP contribution in [0.3, 0.4) is 0 Å². The van der Waals surface area contributed by atoms with Crippen LogP contribution in [0.25, 0.3) is 0 Å². The van der Waals surface area contributed by atoms with Gasteiger partial charge in [0.25, 0.3) is 0 Å². The summed E-state index contributed by atoms with van der Waals surface area (Å²) >= 11 is 0. The Balaban J connectivity index is 2.00. The molecule has 1 aliphatic heterocycles. The lowest BCUT2D eigenvalue weighted by atomic mass is 10.4. The molecule has 1 unspecified atom stereocenters. The van der Waals surface area contributed by atoms with E-state index in [1.165, 1.54) is 6.21 Å². The number of epoxide rings is 1. The zero-order valence-corrected chi connectivity index (χ0v) is 3.48. The van der Waals surface area contributed by atoms with Crippen LogP contribution in [0.15, 0.2) is 0 Å². The van der Waals surface area contributed by atoms with Gasteiger partial charge in [0.05, 0.1) is 12.7 Å². The highest BCUT2D eigenvalue weighted by molar-refractivity contribution is 5.54. The highest BCUT2D eigenvalue weighted by Gasteiger charge is 2.19. The third-order valence-electron chi connectivity index (χ3n) is 0.783. The van der Waals surface area contributed by atoms with E-state index in [1.54, 1.807) is 0 Å². The van der Waals surface area contributed by atoms with Crippen LogP contribution in [-0.4, -0.2) is 18.9 Å². The summed E-state index contributed by atoms with van der Waals surface area (Å²) in [7, 11) is 0. The van der Waals surface area contributed by atoms with Crippen LogP contribution in [0.1, 0.15) is 6.42 Å². The summed E-state index contributed by atoms with van der Waals surface area (Å²) in [5, 5.41) is 6.57. The first kappa shape index (κ1) is 3.81. The molecule has 0 spiro atoms. The van der Waals surface area contributed by atoms with Crippen LogP contribution in [0.2, 0.25) is 0 Å². The maximum Gasteiger partial charge on any atom is 0.0859 e. The fourth-order valence-corrected chi connectivity index (χ4v) is 0.336. The number of ether oxygens (including phenoxy) is 1. The van der Waals surface area contributed by atoms with E-state index >= 15 is 0 Å². The van der Waals surface area contributed by atoms with Crippen LogP contribution in [0.5, 0.6) is 0 Å². The summed E-state index contributed by atoms with van der Waals surface area (Å²) in [6.45, 7) is 0.870. The maximum absolute atomic E-state index is 6.57. The second kappa shape index (κ2) is 1.39. The Kier molecular flexibility index (Phi) is 0.881. The summed E-state index contributed by atoms with van der Waals surface area (Å²) in [6.07, 6.45) is 2.60. The van der Waals surface area contributed by atoms with Crippen LogP contribution >= 0.6 is 0 Å². The zero-order valence-electron chi connectivity index (χ0n) is 3.48. The highest BCUT2D eigenvalue weighted by atomic mass is 16.6. The molecular formula is C4H7NO. The van der Waals surface area contributed by atoms with Gasteiger partial charge in [-0.2, -0.15) is 0 Å². The predicted octanol–water partition coefficient (Wildman–Crippen LogP) is 0.425. The smallest absolute Gasteiger partial charge is 0.0859 e. The van der Waals surface area contributed by atoms with Gasteiger partial charge in [-0.25, -0.2) is 0 Å². The third kappa shape index (κ3) is 0.792. The predicted molar refractivity (Wildman–Crippen MR) is 23.1 cm³/mol. The van der Waals surface area contributed by atoms with Crippen molar-refractivity contribution in [2.75, 3.05) is 6.61 Å². The van der Waals surface area contributed by atoms with Gasteiger partial charge in [0, 0.05) is 6.42 Å². The standard InChI is InChI=1S/C4H7NO/c5-2-1-4-3-6-4/h2,4-5H,1,3H2. The molecule has 1 heterocycles. The first-order valence-electron chi connectivity index (χ1n) is 2.04. The fraction of sp³-hybridized carbons (Fsp3) is 0.750. The first-order chi connectivity index (χ1) is 2.93. The van der Waals surface area contributed by atoms with Crippen molar-refractivity contribution in [2.24, 2.45) is 0 Å². The maximum atomic E-state index is 6.57. The average Bonchev–Trinajstić information content (AvgIpc) is 2.21. The van der Waals surface area contributed by atoms with E-state index in [0.717, 1.165) is 13.0 Å². The third-order valence-corrected chi connectivity index (χ3v) is 0.783. The van der Waals surface area contributed by atoms with Crippen LogP contribution in [-0.2, 0) is 4.74 Å². The molecule has 1 N–H and O–H groups in total. The molecule has 0 radical (unpaired) electrons. The lowest BCUT2D eigenvalue weighted by Crippen LogP contribution is -1.81. The second-order valence-corrected chi connectivity index (χ2v) is 1.40. The minimum absolute atomic E-state index is 0.405. The Hall–Kier alpha value is -0.370. The highest BCUT2D eigenvalue weighted by Crippen LogP contribution is 2.10. The Bertz CT molecular complexity index is 58.6. The Morgan fingerprint density at radius 1 is 2.00 bits per heavy atom. The molecule has 1 saturated heterocycles. The van der Waals surface area contributed by atoms with Crippen molar-refractivity contribution in [2.45, 2.75) is 12.5 Å². The van der Waals surface area contributed by atoms with Gasteiger partial charge in [-0.1, -0.05) is 0 Å².